The number of benzene rings is 3. The molecular formula is C28H27NO4. The number of carbonyl (C=O) groups excluding carboxylic acids is 1. The summed E-state index contributed by atoms with van der Waals surface area (Å²) < 4.78 is 5.93. The first kappa shape index (κ1) is 22.5. The van der Waals surface area contributed by atoms with E-state index in [1.807, 2.05) is 103 Å². The van der Waals surface area contributed by atoms with Crippen LogP contribution in [0.4, 0.5) is 0 Å². The van der Waals surface area contributed by atoms with Crippen LogP contribution in [0.15, 0.2) is 97.1 Å². The van der Waals surface area contributed by atoms with Gasteiger partial charge in [0.25, 0.3) is 0 Å². The molecular weight excluding hydrogens is 414 g/mol. The van der Waals surface area contributed by atoms with Crippen molar-refractivity contribution in [3.8, 4) is 0 Å². The van der Waals surface area contributed by atoms with Crippen molar-refractivity contribution < 1.29 is 19.4 Å². The van der Waals surface area contributed by atoms with E-state index in [1.165, 1.54) is 4.90 Å². The second kappa shape index (κ2) is 10.7. The molecule has 0 radical (unpaired) electrons. The molecule has 2 atom stereocenters. The fourth-order valence-electron chi connectivity index (χ4n) is 4.27. The molecule has 0 aliphatic carbocycles. The number of nitrogens with zero attached hydrogens (tertiary/aromatic N) is 1. The molecule has 1 fully saturated rings. The number of carboxylic acid groups (broad SMARTS) is 1. The third-order valence-electron chi connectivity index (χ3n) is 5.88. The Hall–Kier alpha value is -3.70. The topological polar surface area (TPSA) is 66.8 Å². The van der Waals surface area contributed by atoms with Crippen LogP contribution < -0.4 is 0 Å². The average molecular weight is 442 g/mol. The number of hydrogen-bond donors (Lipinski definition) is 1. The number of hydrogen-bond acceptors (Lipinski definition) is 3. The smallest absolute Gasteiger partial charge is 0.326 e. The molecule has 1 amide bonds. The third-order valence-corrected chi connectivity index (χ3v) is 5.88. The molecule has 0 aromatic heterocycles. The molecule has 1 aliphatic rings. The predicted molar refractivity (Wildman–Crippen MR) is 128 cm³/mol. The Labute approximate surface area is 193 Å². The average Bonchev–Trinajstić information content (AvgIpc) is 3.29. The van der Waals surface area contributed by atoms with Gasteiger partial charge in [0.1, 0.15) is 6.04 Å². The first-order chi connectivity index (χ1) is 16.1. The number of carboxylic acids is 1. The quantitative estimate of drug-likeness (QED) is 0.555. The van der Waals surface area contributed by atoms with E-state index in [0.717, 1.165) is 16.7 Å². The summed E-state index contributed by atoms with van der Waals surface area (Å²) in [5, 5.41) is 9.83. The van der Waals surface area contributed by atoms with E-state index < -0.39 is 17.9 Å². The fraction of sp³-hybridized carbons (Fsp3) is 0.214. The van der Waals surface area contributed by atoms with Crippen molar-refractivity contribution in [2.45, 2.75) is 24.5 Å². The fourth-order valence-corrected chi connectivity index (χ4v) is 4.27. The summed E-state index contributed by atoms with van der Waals surface area (Å²) in [4.78, 5) is 27.2. The molecule has 4 rings (SSSR count). The molecule has 3 aromatic rings. The molecule has 1 N–H and O–H groups in total. The van der Waals surface area contributed by atoms with Gasteiger partial charge in [-0.25, -0.2) is 4.79 Å². The van der Waals surface area contributed by atoms with Crippen molar-refractivity contribution >= 4 is 18.0 Å². The van der Waals surface area contributed by atoms with Gasteiger partial charge in [-0.05, 0) is 16.7 Å². The molecule has 1 heterocycles. The Morgan fingerprint density at radius 2 is 1.45 bits per heavy atom. The van der Waals surface area contributed by atoms with E-state index in [4.69, 9.17) is 4.74 Å². The number of aliphatic carboxylic acids is 1. The standard InChI is InChI=1S/C28H27NO4/c30-27(26(22-14-6-2-7-15-22)23-16-8-3-9-17-23)29-20-24(19-25(29)28(31)32)33-18-10-13-21-11-4-1-5-12-21/h1-17,24-26H,18-20H2,(H,31,32). The summed E-state index contributed by atoms with van der Waals surface area (Å²) in [6.45, 7) is 0.611. The summed E-state index contributed by atoms with van der Waals surface area (Å²) in [7, 11) is 0. The van der Waals surface area contributed by atoms with Crippen LogP contribution >= 0.6 is 0 Å². The molecule has 5 nitrogen and oxygen atoms in total. The molecule has 5 heteroatoms. The summed E-state index contributed by atoms with van der Waals surface area (Å²) in [6, 6.07) is 28.0. The second-order valence-corrected chi connectivity index (χ2v) is 8.10. The minimum absolute atomic E-state index is 0.217. The first-order valence-corrected chi connectivity index (χ1v) is 11.1. The minimum atomic E-state index is -1.01. The molecule has 0 spiro atoms. The highest BCUT2D eigenvalue weighted by Gasteiger charge is 2.42. The Morgan fingerprint density at radius 3 is 2.00 bits per heavy atom. The van der Waals surface area contributed by atoms with Gasteiger partial charge in [-0.1, -0.05) is 103 Å². The molecule has 2 unspecified atom stereocenters. The van der Waals surface area contributed by atoms with Crippen LogP contribution in [-0.2, 0) is 14.3 Å². The Bertz CT molecular complexity index is 1040. The van der Waals surface area contributed by atoms with E-state index in [9.17, 15) is 14.7 Å². The van der Waals surface area contributed by atoms with Crippen molar-refractivity contribution in [3.63, 3.8) is 0 Å². The van der Waals surface area contributed by atoms with Crippen LogP contribution in [0.2, 0.25) is 0 Å². The summed E-state index contributed by atoms with van der Waals surface area (Å²) in [5.74, 6) is -1.79. The highest BCUT2D eigenvalue weighted by Crippen LogP contribution is 2.31. The van der Waals surface area contributed by atoms with Gasteiger partial charge in [0.2, 0.25) is 5.91 Å². The highest BCUT2D eigenvalue weighted by atomic mass is 16.5. The maximum Gasteiger partial charge on any atom is 0.326 e. The lowest BCUT2D eigenvalue weighted by Gasteiger charge is -2.27. The van der Waals surface area contributed by atoms with Gasteiger partial charge >= 0.3 is 5.97 Å². The van der Waals surface area contributed by atoms with Crippen molar-refractivity contribution in [2.75, 3.05) is 13.2 Å². The third kappa shape index (κ3) is 5.57. The van der Waals surface area contributed by atoms with Crippen LogP contribution in [0.3, 0.4) is 0 Å². The summed E-state index contributed by atoms with van der Waals surface area (Å²) >= 11 is 0. The van der Waals surface area contributed by atoms with Crippen LogP contribution in [0.1, 0.15) is 29.0 Å². The largest absolute Gasteiger partial charge is 0.480 e. The van der Waals surface area contributed by atoms with Gasteiger partial charge in [0.15, 0.2) is 0 Å². The monoisotopic (exact) mass is 441 g/mol. The molecule has 0 saturated carbocycles. The zero-order chi connectivity index (χ0) is 23.0. The zero-order valence-corrected chi connectivity index (χ0v) is 18.3. The van der Waals surface area contributed by atoms with Gasteiger partial charge in [-0.15, -0.1) is 0 Å². The number of amides is 1. The van der Waals surface area contributed by atoms with Crippen LogP contribution in [-0.4, -0.2) is 47.2 Å². The number of rotatable bonds is 8. The van der Waals surface area contributed by atoms with Crippen molar-refractivity contribution in [3.05, 3.63) is 114 Å². The van der Waals surface area contributed by atoms with E-state index in [-0.39, 0.29) is 25.0 Å². The molecule has 1 saturated heterocycles. The van der Waals surface area contributed by atoms with E-state index in [2.05, 4.69) is 0 Å². The molecule has 0 bridgehead atoms. The van der Waals surface area contributed by atoms with Gasteiger partial charge < -0.3 is 14.7 Å². The zero-order valence-electron chi connectivity index (χ0n) is 18.3. The Balaban J connectivity index is 1.50. The Kier molecular flexibility index (Phi) is 7.33. The molecule has 1 aliphatic heterocycles. The number of carbonyl (C=O) groups is 2. The lowest BCUT2D eigenvalue weighted by Crippen LogP contribution is -2.43. The predicted octanol–water partition coefficient (Wildman–Crippen LogP) is 4.60. The number of likely N-dealkylation sites (tertiary alicyclic amines) is 1. The lowest BCUT2D eigenvalue weighted by molar-refractivity contribution is -0.148. The Morgan fingerprint density at radius 1 is 0.909 bits per heavy atom. The van der Waals surface area contributed by atoms with Crippen LogP contribution in [0.5, 0.6) is 0 Å². The van der Waals surface area contributed by atoms with Gasteiger partial charge in [0, 0.05) is 13.0 Å². The normalized spacial score (nSPS) is 18.2. The van der Waals surface area contributed by atoms with Crippen LogP contribution in [0, 0.1) is 0 Å². The summed E-state index contributed by atoms with van der Waals surface area (Å²) in [6.07, 6.45) is 3.82. The van der Waals surface area contributed by atoms with Crippen LogP contribution in [0.25, 0.3) is 6.08 Å². The van der Waals surface area contributed by atoms with Gasteiger partial charge in [-0.3, -0.25) is 4.79 Å². The molecule has 168 valence electrons. The minimum Gasteiger partial charge on any atom is -0.480 e. The van der Waals surface area contributed by atoms with Crippen molar-refractivity contribution in [1.82, 2.24) is 4.90 Å². The molecule has 33 heavy (non-hydrogen) atoms. The van der Waals surface area contributed by atoms with Gasteiger partial charge in [-0.2, -0.15) is 0 Å². The number of ether oxygens (including phenoxy) is 1. The van der Waals surface area contributed by atoms with Crippen molar-refractivity contribution in [1.29, 1.82) is 0 Å². The maximum atomic E-state index is 13.7. The molecule has 3 aromatic carbocycles. The lowest BCUT2D eigenvalue weighted by atomic mass is 9.90. The summed E-state index contributed by atoms with van der Waals surface area (Å²) in [5.41, 5.74) is 2.75. The SMILES string of the molecule is O=C(O)C1CC(OCC=Cc2ccccc2)CN1C(=O)C(c1ccccc1)c1ccccc1. The highest BCUT2D eigenvalue weighted by molar-refractivity contribution is 5.91. The van der Waals surface area contributed by atoms with Gasteiger partial charge in [0.05, 0.1) is 18.6 Å². The van der Waals surface area contributed by atoms with E-state index in [0.29, 0.717) is 6.61 Å². The van der Waals surface area contributed by atoms with E-state index >= 15 is 0 Å². The van der Waals surface area contributed by atoms with Crippen molar-refractivity contribution in [2.24, 2.45) is 0 Å². The second-order valence-electron chi connectivity index (χ2n) is 8.10. The van der Waals surface area contributed by atoms with E-state index in [1.54, 1.807) is 0 Å². The maximum absolute atomic E-state index is 13.7. The first-order valence-electron chi connectivity index (χ1n) is 11.1.